The quantitative estimate of drug-likeness (QED) is 0.462. The van der Waals surface area contributed by atoms with E-state index in [0.717, 1.165) is 5.56 Å². The molecule has 5 rings (SSSR count). The second kappa shape index (κ2) is 7.50. The molecule has 176 valence electrons. The third-order valence-electron chi connectivity index (χ3n) is 7.75. The molecule has 8 nitrogen and oxygen atoms in total. The van der Waals surface area contributed by atoms with Gasteiger partial charge in [0.25, 0.3) is 11.8 Å². The number of ether oxygens (including phenoxy) is 1. The maximum Gasteiger partial charge on any atom is 0.328 e. The number of amides is 4. The van der Waals surface area contributed by atoms with Gasteiger partial charge < -0.3 is 4.74 Å². The Labute approximate surface area is 197 Å². The molecule has 3 fully saturated rings. The Hall–Kier alpha value is -3.52. The molecule has 2 aromatic carbocycles. The number of carbonyl (C=O) groups is 4. The van der Waals surface area contributed by atoms with Crippen molar-refractivity contribution in [3.05, 3.63) is 71.8 Å². The van der Waals surface area contributed by atoms with Gasteiger partial charge in [-0.2, -0.15) is 0 Å². The normalized spacial score (nSPS) is 31.1. The fourth-order valence-electron chi connectivity index (χ4n) is 6.84. The number of rotatable bonds is 5. The highest BCUT2D eigenvalue weighted by Gasteiger charge is 2.96. The van der Waals surface area contributed by atoms with Gasteiger partial charge in [-0.3, -0.25) is 30.3 Å². The van der Waals surface area contributed by atoms with Crippen LogP contribution in [0.1, 0.15) is 31.4 Å². The molecular formula is C26H27N3O5. The summed E-state index contributed by atoms with van der Waals surface area (Å²) in [5, 5.41) is 7.94. The summed E-state index contributed by atoms with van der Waals surface area (Å²) in [5.41, 5.74) is -2.67. The maximum atomic E-state index is 13.7. The highest BCUT2D eigenvalue weighted by atomic mass is 16.5. The minimum absolute atomic E-state index is 0.192. The molecule has 2 saturated heterocycles. The smallest absolute Gasteiger partial charge is 0.328 e. The molecule has 0 aromatic heterocycles. The number of carbonyl (C=O) groups excluding carboxylic acids is 4. The van der Waals surface area contributed by atoms with Gasteiger partial charge in [-0.05, 0) is 23.5 Å². The van der Waals surface area contributed by atoms with Crippen LogP contribution in [0.15, 0.2) is 60.7 Å². The highest BCUT2D eigenvalue weighted by Crippen LogP contribution is 2.80. The summed E-state index contributed by atoms with van der Waals surface area (Å²) in [6.07, 6.45) is 0.591. The first-order valence-electron chi connectivity index (χ1n) is 11.4. The fraction of sp³-hybridized carbons (Fsp3) is 0.385. The third-order valence-corrected chi connectivity index (χ3v) is 7.75. The van der Waals surface area contributed by atoms with Crippen LogP contribution in [0.25, 0.3) is 0 Å². The van der Waals surface area contributed by atoms with Crippen molar-refractivity contribution in [1.29, 1.82) is 0 Å². The SMILES string of the molecule is COC(=O)[C@@H]1[C@@]2(c3ccccc3)[C@@H](CC(C)C)NC3(C(=O)NC(=O)NC3=O)[C@@]12c1ccccc1. The largest absolute Gasteiger partial charge is 0.469 e. The van der Waals surface area contributed by atoms with Crippen molar-refractivity contribution in [3.8, 4) is 0 Å². The molecule has 1 spiro atoms. The van der Waals surface area contributed by atoms with E-state index in [1.165, 1.54) is 7.11 Å². The lowest BCUT2D eigenvalue weighted by Gasteiger charge is -2.40. The van der Waals surface area contributed by atoms with E-state index in [2.05, 4.69) is 29.8 Å². The van der Waals surface area contributed by atoms with Crippen LogP contribution in [0.4, 0.5) is 4.79 Å². The lowest BCUT2D eigenvalue weighted by Crippen LogP contribution is -2.76. The van der Waals surface area contributed by atoms with Crippen LogP contribution in [0.3, 0.4) is 0 Å². The summed E-state index contributed by atoms with van der Waals surface area (Å²) >= 11 is 0. The summed E-state index contributed by atoms with van der Waals surface area (Å²) in [6, 6.07) is 17.3. The number of benzene rings is 2. The molecule has 8 heteroatoms. The van der Waals surface area contributed by atoms with Crippen molar-refractivity contribution in [2.75, 3.05) is 7.11 Å². The first-order valence-corrected chi connectivity index (χ1v) is 11.4. The Morgan fingerprint density at radius 1 is 0.912 bits per heavy atom. The van der Waals surface area contributed by atoms with E-state index in [1.807, 2.05) is 60.7 Å². The van der Waals surface area contributed by atoms with Crippen molar-refractivity contribution >= 4 is 23.8 Å². The molecule has 1 aliphatic carbocycles. The van der Waals surface area contributed by atoms with E-state index in [1.54, 1.807) is 0 Å². The standard InChI is InChI=1S/C26H27N3O5/c1-15(2)14-18-24(16-10-6-4-7-11-16)19(20(30)34-3)25(24,17-12-8-5-9-13-17)26(29-18)21(31)27-23(33)28-22(26)32/h4-13,15,18-19,29H,14H2,1-3H3,(H2,27,28,31,32,33)/t18-,19-,24-,25+/m1/s1. The molecule has 34 heavy (non-hydrogen) atoms. The molecule has 2 aromatic rings. The van der Waals surface area contributed by atoms with Crippen molar-refractivity contribution in [1.82, 2.24) is 16.0 Å². The van der Waals surface area contributed by atoms with Crippen LogP contribution in [0.5, 0.6) is 0 Å². The Morgan fingerprint density at radius 2 is 1.44 bits per heavy atom. The Kier molecular flexibility index (Phi) is 4.91. The highest BCUT2D eigenvalue weighted by molar-refractivity contribution is 6.25. The Bertz CT molecular complexity index is 1160. The summed E-state index contributed by atoms with van der Waals surface area (Å²) < 4.78 is 5.29. The lowest BCUT2D eigenvalue weighted by molar-refractivity contribution is -0.146. The first-order chi connectivity index (χ1) is 16.3. The van der Waals surface area contributed by atoms with Gasteiger partial charge in [-0.1, -0.05) is 74.5 Å². The van der Waals surface area contributed by atoms with Gasteiger partial charge in [0.15, 0.2) is 5.54 Å². The van der Waals surface area contributed by atoms with Gasteiger partial charge in [0.05, 0.1) is 18.4 Å². The number of esters is 1. The van der Waals surface area contributed by atoms with Crippen LogP contribution in [-0.4, -0.2) is 42.5 Å². The zero-order valence-electron chi connectivity index (χ0n) is 19.3. The lowest BCUT2D eigenvalue weighted by atomic mass is 9.69. The molecule has 4 atom stereocenters. The van der Waals surface area contributed by atoms with Crippen LogP contribution in [0.2, 0.25) is 0 Å². The van der Waals surface area contributed by atoms with Gasteiger partial charge in [0.1, 0.15) is 0 Å². The summed E-state index contributed by atoms with van der Waals surface area (Å²) in [4.78, 5) is 53.0. The predicted molar refractivity (Wildman–Crippen MR) is 123 cm³/mol. The number of methoxy groups -OCH3 is 1. The van der Waals surface area contributed by atoms with E-state index < -0.39 is 52.1 Å². The number of imide groups is 2. The van der Waals surface area contributed by atoms with Gasteiger partial charge >= 0.3 is 12.0 Å². The van der Waals surface area contributed by atoms with Crippen molar-refractivity contribution < 1.29 is 23.9 Å². The number of fused-ring (bicyclic) bond motifs is 2. The van der Waals surface area contributed by atoms with Gasteiger partial charge in [-0.25, -0.2) is 4.79 Å². The van der Waals surface area contributed by atoms with Crippen molar-refractivity contribution in [3.63, 3.8) is 0 Å². The summed E-state index contributed by atoms with van der Waals surface area (Å²) in [6.45, 7) is 4.10. The monoisotopic (exact) mass is 461 g/mol. The number of nitrogens with one attached hydrogen (secondary N) is 3. The van der Waals surface area contributed by atoms with Crippen molar-refractivity contribution in [2.24, 2.45) is 11.8 Å². The average Bonchev–Trinajstić information content (AvgIpc) is 3.39. The van der Waals surface area contributed by atoms with Gasteiger partial charge in [0.2, 0.25) is 0 Å². The molecule has 0 unspecified atom stereocenters. The minimum atomic E-state index is -1.89. The topological polar surface area (TPSA) is 114 Å². The molecule has 4 amide bonds. The first kappa shape index (κ1) is 22.3. The zero-order valence-corrected chi connectivity index (χ0v) is 19.3. The predicted octanol–water partition coefficient (Wildman–Crippen LogP) is 1.79. The zero-order chi connectivity index (χ0) is 24.3. The molecule has 3 aliphatic rings. The summed E-state index contributed by atoms with van der Waals surface area (Å²) in [7, 11) is 1.32. The molecule has 2 heterocycles. The molecule has 0 radical (unpaired) electrons. The van der Waals surface area contributed by atoms with E-state index in [-0.39, 0.29) is 5.92 Å². The van der Waals surface area contributed by atoms with E-state index in [0.29, 0.717) is 12.0 Å². The van der Waals surface area contributed by atoms with Crippen molar-refractivity contribution in [2.45, 2.75) is 42.7 Å². The molecule has 3 N–H and O–H groups in total. The Balaban J connectivity index is 1.90. The molecular weight excluding hydrogens is 434 g/mol. The van der Waals surface area contributed by atoms with E-state index >= 15 is 0 Å². The number of hydrogen-bond acceptors (Lipinski definition) is 6. The van der Waals surface area contributed by atoms with Crippen LogP contribution in [-0.2, 0) is 30.0 Å². The summed E-state index contributed by atoms with van der Waals surface area (Å²) in [5.74, 6) is -2.66. The van der Waals surface area contributed by atoms with Gasteiger partial charge in [0, 0.05) is 11.5 Å². The number of barbiturate groups is 1. The van der Waals surface area contributed by atoms with Crippen LogP contribution in [0, 0.1) is 11.8 Å². The van der Waals surface area contributed by atoms with Crippen LogP contribution < -0.4 is 16.0 Å². The second-order valence-corrected chi connectivity index (χ2v) is 9.68. The van der Waals surface area contributed by atoms with E-state index in [4.69, 9.17) is 4.74 Å². The average molecular weight is 462 g/mol. The molecule has 0 bridgehead atoms. The fourth-order valence-corrected chi connectivity index (χ4v) is 6.84. The third kappa shape index (κ3) is 2.46. The van der Waals surface area contributed by atoms with E-state index in [9.17, 15) is 19.2 Å². The maximum absolute atomic E-state index is 13.7. The number of urea groups is 1. The molecule has 1 saturated carbocycles. The number of piperidine rings is 1. The van der Waals surface area contributed by atoms with Gasteiger partial charge in [-0.15, -0.1) is 0 Å². The second-order valence-electron chi connectivity index (χ2n) is 9.68. The minimum Gasteiger partial charge on any atom is -0.469 e. The Morgan fingerprint density at radius 3 is 1.94 bits per heavy atom. The molecule has 2 aliphatic heterocycles. The van der Waals surface area contributed by atoms with Crippen LogP contribution >= 0.6 is 0 Å². The number of hydrogen-bond donors (Lipinski definition) is 3.